The van der Waals surface area contributed by atoms with Gasteiger partial charge in [0.25, 0.3) is 11.8 Å². The fourth-order valence-electron chi connectivity index (χ4n) is 3.25. The van der Waals surface area contributed by atoms with E-state index in [2.05, 4.69) is 15.6 Å². The Morgan fingerprint density at radius 3 is 2.48 bits per heavy atom. The molecule has 0 saturated carbocycles. The summed E-state index contributed by atoms with van der Waals surface area (Å²) in [4.78, 5) is 30.4. The average Bonchev–Trinajstić information content (AvgIpc) is 2.90. The van der Waals surface area contributed by atoms with Crippen molar-refractivity contribution >= 4 is 46.4 Å². The van der Waals surface area contributed by atoms with Crippen LogP contribution in [0.4, 0.5) is 5.69 Å². The van der Waals surface area contributed by atoms with E-state index in [1.165, 1.54) is 13.2 Å². The van der Waals surface area contributed by atoms with E-state index in [4.69, 9.17) is 27.9 Å². The van der Waals surface area contributed by atoms with Gasteiger partial charge in [-0.3, -0.25) is 9.59 Å². The van der Waals surface area contributed by atoms with Crippen molar-refractivity contribution in [1.29, 1.82) is 0 Å². The number of nitrogens with zero attached hydrogens (tertiary/aromatic N) is 1. The average molecular weight is 454 g/mol. The lowest BCUT2D eigenvalue weighted by Gasteiger charge is -2.15. The highest BCUT2D eigenvalue weighted by molar-refractivity contribution is 6.31. The SMILES string of the molecule is COc1ccc(Cl)cc1C(=O)NC1N=C(c2ccc(Cl)cc2)c2ccccc2NC1=O. The summed E-state index contributed by atoms with van der Waals surface area (Å²) in [6.45, 7) is 0. The number of ether oxygens (including phenoxy) is 1. The Morgan fingerprint density at radius 2 is 1.74 bits per heavy atom. The molecule has 0 spiro atoms. The van der Waals surface area contributed by atoms with Gasteiger partial charge in [0.05, 0.1) is 24.1 Å². The van der Waals surface area contributed by atoms with Crippen LogP contribution in [-0.2, 0) is 4.79 Å². The van der Waals surface area contributed by atoms with Gasteiger partial charge in [0.2, 0.25) is 6.17 Å². The Labute approximate surface area is 188 Å². The van der Waals surface area contributed by atoms with Crippen LogP contribution < -0.4 is 15.4 Å². The molecular formula is C23H17Cl2N3O3. The minimum atomic E-state index is -1.17. The van der Waals surface area contributed by atoms with E-state index in [9.17, 15) is 9.59 Å². The number of fused-ring (bicyclic) bond motifs is 1. The van der Waals surface area contributed by atoms with Crippen molar-refractivity contribution in [3.05, 3.63) is 93.5 Å². The molecule has 0 aliphatic carbocycles. The van der Waals surface area contributed by atoms with Crippen molar-refractivity contribution in [2.75, 3.05) is 12.4 Å². The molecule has 1 atom stereocenters. The highest BCUT2D eigenvalue weighted by Crippen LogP contribution is 2.26. The molecule has 1 heterocycles. The maximum atomic E-state index is 12.9. The number of carbonyl (C=O) groups is 2. The molecular weight excluding hydrogens is 437 g/mol. The smallest absolute Gasteiger partial charge is 0.269 e. The first-order valence-electron chi connectivity index (χ1n) is 9.34. The van der Waals surface area contributed by atoms with Crippen molar-refractivity contribution in [1.82, 2.24) is 5.32 Å². The number of benzodiazepines with no additional fused rings is 1. The van der Waals surface area contributed by atoms with Crippen LogP contribution in [0, 0.1) is 0 Å². The Hall–Kier alpha value is -3.35. The number of halogens is 2. The Balaban J connectivity index is 1.75. The summed E-state index contributed by atoms with van der Waals surface area (Å²) in [5.74, 6) is -0.670. The lowest BCUT2D eigenvalue weighted by Crippen LogP contribution is -2.42. The molecule has 31 heavy (non-hydrogen) atoms. The molecule has 3 aromatic rings. The molecule has 0 bridgehead atoms. The Kier molecular flexibility index (Phi) is 5.93. The molecule has 0 aromatic heterocycles. The summed E-state index contributed by atoms with van der Waals surface area (Å²) in [5.41, 5.74) is 2.84. The molecule has 2 N–H and O–H groups in total. The largest absolute Gasteiger partial charge is 0.496 e. The number of hydrogen-bond acceptors (Lipinski definition) is 4. The van der Waals surface area contributed by atoms with E-state index in [1.807, 2.05) is 30.3 Å². The molecule has 8 heteroatoms. The number of nitrogens with one attached hydrogen (secondary N) is 2. The van der Waals surface area contributed by atoms with Gasteiger partial charge in [0, 0.05) is 21.2 Å². The lowest BCUT2D eigenvalue weighted by molar-refractivity contribution is -0.117. The predicted molar refractivity (Wildman–Crippen MR) is 121 cm³/mol. The Bertz CT molecular complexity index is 1190. The molecule has 4 rings (SSSR count). The molecule has 3 aromatic carbocycles. The number of hydrogen-bond donors (Lipinski definition) is 2. The van der Waals surface area contributed by atoms with E-state index in [1.54, 1.807) is 30.3 Å². The third-order valence-corrected chi connectivity index (χ3v) is 5.23. The van der Waals surface area contributed by atoms with Gasteiger partial charge in [0.15, 0.2) is 0 Å². The number of anilines is 1. The van der Waals surface area contributed by atoms with Gasteiger partial charge in [-0.25, -0.2) is 4.99 Å². The minimum absolute atomic E-state index is 0.202. The second-order valence-electron chi connectivity index (χ2n) is 6.74. The molecule has 156 valence electrons. The van der Waals surface area contributed by atoms with Crippen molar-refractivity contribution in [3.8, 4) is 5.75 Å². The highest BCUT2D eigenvalue weighted by Gasteiger charge is 2.28. The standard InChI is InChI=1S/C23H17Cl2N3O3/c1-31-19-11-10-15(25)12-17(19)22(29)28-21-23(30)26-18-5-3-2-4-16(18)20(27-21)13-6-8-14(24)9-7-13/h2-12,21H,1H3,(H,26,30)(H,28,29). The summed E-state index contributed by atoms with van der Waals surface area (Å²) in [7, 11) is 1.45. The van der Waals surface area contributed by atoms with Gasteiger partial charge < -0.3 is 15.4 Å². The van der Waals surface area contributed by atoms with Gasteiger partial charge >= 0.3 is 0 Å². The van der Waals surface area contributed by atoms with Crippen LogP contribution in [0.5, 0.6) is 5.75 Å². The Morgan fingerprint density at radius 1 is 1.03 bits per heavy atom. The molecule has 1 aliphatic heterocycles. The van der Waals surface area contributed by atoms with Crippen LogP contribution in [0.15, 0.2) is 71.7 Å². The number of carbonyl (C=O) groups excluding carboxylic acids is 2. The fraction of sp³-hybridized carbons (Fsp3) is 0.0870. The molecule has 0 saturated heterocycles. The topological polar surface area (TPSA) is 79.8 Å². The van der Waals surface area contributed by atoms with E-state index in [0.717, 1.165) is 11.1 Å². The van der Waals surface area contributed by atoms with Gasteiger partial charge in [0.1, 0.15) is 5.75 Å². The fourth-order valence-corrected chi connectivity index (χ4v) is 3.55. The second kappa shape index (κ2) is 8.79. The molecule has 6 nitrogen and oxygen atoms in total. The summed E-state index contributed by atoms with van der Waals surface area (Å²) in [6.07, 6.45) is -1.17. The van der Waals surface area contributed by atoms with Gasteiger partial charge in [-0.2, -0.15) is 0 Å². The number of aliphatic imine (C=N–C) groups is 1. The van der Waals surface area contributed by atoms with Crippen LogP contribution in [0.2, 0.25) is 10.0 Å². The third-order valence-electron chi connectivity index (χ3n) is 4.74. The van der Waals surface area contributed by atoms with Crippen LogP contribution in [0.25, 0.3) is 0 Å². The van der Waals surface area contributed by atoms with Crippen molar-refractivity contribution in [2.45, 2.75) is 6.17 Å². The van der Waals surface area contributed by atoms with Crippen molar-refractivity contribution in [3.63, 3.8) is 0 Å². The minimum Gasteiger partial charge on any atom is -0.496 e. The monoisotopic (exact) mass is 453 g/mol. The molecule has 0 radical (unpaired) electrons. The van der Waals surface area contributed by atoms with Gasteiger partial charge in [-0.15, -0.1) is 0 Å². The highest BCUT2D eigenvalue weighted by atomic mass is 35.5. The van der Waals surface area contributed by atoms with Crippen LogP contribution in [-0.4, -0.2) is 30.8 Å². The summed E-state index contributed by atoms with van der Waals surface area (Å²) >= 11 is 12.1. The summed E-state index contributed by atoms with van der Waals surface area (Å²) < 4.78 is 5.25. The summed E-state index contributed by atoms with van der Waals surface area (Å²) in [6, 6.07) is 19.1. The predicted octanol–water partition coefficient (Wildman–Crippen LogP) is 4.55. The summed E-state index contributed by atoms with van der Waals surface area (Å²) in [5, 5.41) is 6.45. The third kappa shape index (κ3) is 4.40. The first kappa shape index (κ1) is 20.9. The first-order valence-corrected chi connectivity index (χ1v) is 10.1. The molecule has 0 fully saturated rings. The van der Waals surface area contributed by atoms with Crippen LogP contribution in [0.3, 0.4) is 0 Å². The van der Waals surface area contributed by atoms with Crippen molar-refractivity contribution in [2.24, 2.45) is 4.99 Å². The van der Waals surface area contributed by atoms with Gasteiger partial charge in [-0.1, -0.05) is 53.5 Å². The number of methoxy groups -OCH3 is 1. The number of para-hydroxylation sites is 1. The zero-order valence-corrected chi connectivity index (χ0v) is 17.9. The first-order chi connectivity index (χ1) is 15.0. The van der Waals surface area contributed by atoms with Gasteiger partial charge in [-0.05, 0) is 36.4 Å². The maximum absolute atomic E-state index is 12.9. The normalized spacial score (nSPS) is 15.3. The van der Waals surface area contributed by atoms with E-state index >= 15 is 0 Å². The van der Waals surface area contributed by atoms with Crippen LogP contribution >= 0.6 is 23.2 Å². The molecule has 1 unspecified atom stereocenters. The van der Waals surface area contributed by atoms with Crippen molar-refractivity contribution < 1.29 is 14.3 Å². The lowest BCUT2D eigenvalue weighted by atomic mass is 10.0. The molecule has 1 aliphatic rings. The van der Waals surface area contributed by atoms with E-state index in [-0.39, 0.29) is 5.56 Å². The number of benzene rings is 3. The zero-order valence-electron chi connectivity index (χ0n) is 16.4. The van der Waals surface area contributed by atoms with Crippen LogP contribution in [0.1, 0.15) is 21.5 Å². The zero-order chi connectivity index (χ0) is 22.0. The number of rotatable bonds is 4. The quantitative estimate of drug-likeness (QED) is 0.607. The number of amides is 2. The molecule has 2 amide bonds. The van der Waals surface area contributed by atoms with E-state index < -0.39 is 18.0 Å². The second-order valence-corrected chi connectivity index (χ2v) is 7.61. The maximum Gasteiger partial charge on any atom is 0.269 e. The van der Waals surface area contributed by atoms with E-state index in [0.29, 0.717) is 27.2 Å².